The van der Waals surface area contributed by atoms with E-state index in [1.165, 1.54) is 6.07 Å². The lowest BCUT2D eigenvalue weighted by Gasteiger charge is -2.18. The van der Waals surface area contributed by atoms with Crippen LogP contribution in [0.15, 0.2) is 36.5 Å². The molecule has 3 N–H and O–H groups in total. The van der Waals surface area contributed by atoms with Gasteiger partial charge in [0.2, 0.25) is 0 Å². The van der Waals surface area contributed by atoms with Crippen LogP contribution in [0, 0.1) is 11.6 Å². The van der Waals surface area contributed by atoms with E-state index in [2.05, 4.69) is 10.4 Å². The van der Waals surface area contributed by atoms with Crippen LogP contribution in [0.4, 0.5) is 8.78 Å². The lowest BCUT2D eigenvalue weighted by molar-refractivity contribution is 0.510. The van der Waals surface area contributed by atoms with Gasteiger partial charge in [-0.2, -0.15) is 0 Å². The molecule has 0 fully saturated rings. The van der Waals surface area contributed by atoms with Crippen LogP contribution in [0.1, 0.15) is 29.8 Å². The maximum atomic E-state index is 13.7. The molecule has 0 aliphatic rings. The molecule has 0 saturated carbocycles. The van der Waals surface area contributed by atoms with E-state index in [4.69, 9.17) is 5.84 Å². The topological polar surface area (TPSA) is 50.9 Å². The van der Waals surface area contributed by atoms with Crippen molar-refractivity contribution in [2.24, 2.45) is 5.84 Å². The van der Waals surface area contributed by atoms with E-state index in [-0.39, 0.29) is 18.0 Å². The van der Waals surface area contributed by atoms with Crippen molar-refractivity contribution in [2.45, 2.75) is 25.8 Å². The monoisotopic (exact) mass is 277 g/mol. The van der Waals surface area contributed by atoms with Crippen molar-refractivity contribution in [2.75, 3.05) is 0 Å². The van der Waals surface area contributed by atoms with Gasteiger partial charge in [0.15, 0.2) is 0 Å². The third-order valence-corrected chi connectivity index (χ3v) is 3.27. The van der Waals surface area contributed by atoms with Gasteiger partial charge in [-0.25, -0.2) is 8.78 Å². The second-order valence-corrected chi connectivity index (χ2v) is 4.56. The van der Waals surface area contributed by atoms with Crippen molar-refractivity contribution < 1.29 is 8.78 Å². The molecule has 1 unspecified atom stereocenters. The van der Waals surface area contributed by atoms with Crippen molar-refractivity contribution in [1.29, 1.82) is 0 Å². The number of hydrogen-bond acceptors (Lipinski definition) is 3. The van der Waals surface area contributed by atoms with E-state index in [9.17, 15) is 8.78 Å². The van der Waals surface area contributed by atoms with Crippen LogP contribution < -0.4 is 11.3 Å². The normalized spacial score (nSPS) is 12.4. The van der Waals surface area contributed by atoms with Crippen LogP contribution in [-0.4, -0.2) is 4.98 Å². The largest absolute Gasteiger partial charge is 0.271 e. The maximum absolute atomic E-state index is 13.7. The summed E-state index contributed by atoms with van der Waals surface area (Å²) in [7, 11) is 0. The fourth-order valence-electron chi connectivity index (χ4n) is 2.22. The van der Waals surface area contributed by atoms with Crippen LogP contribution >= 0.6 is 0 Å². The fraction of sp³-hybridized carbons (Fsp3) is 0.267. The van der Waals surface area contributed by atoms with Gasteiger partial charge in [-0.3, -0.25) is 16.3 Å². The summed E-state index contributed by atoms with van der Waals surface area (Å²) in [6.45, 7) is 2.01. The van der Waals surface area contributed by atoms with E-state index in [0.29, 0.717) is 0 Å². The number of hydrazine groups is 1. The quantitative estimate of drug-likeness (QED) is 0.652. The first-order chi connectivity index (χ1) is 9.65. The van der Waals surface area contributed by atoms with Crippen LogP contribution in [0.2, 0.25) is 0 Å². The minimum atomic E-state index is -0.464. The number of nitrogens with one attached hydrogen (secondary N) is 1. The summed E-state index contributed by atoms with van der Waals surface area (Å²) < 4.78 is 26.9. The minimum absolute atomic E-state index is 0.240. The molecule has 1 aromatic heterocycles. The molecule has 1 aromatic carbocycles. The summed E-state index contributed by atoms with van der Waals surface area (Å²) in [6.07, 6.45) is 2.71. The van der Waals surface area contributed by atoms with Crippen molar-refractivity contribution in [3.05, 3.63) is 65.0 Å². The van der Waals surface area contributed by atoms with Crippen molar-refractivity contribution >= 4 is 0 Å². The molecule has 0 saturated heterocycles. The number of nitrogens with zero attached hydrogens (tertiary/aromatic N) is 1. The van der Waals surface area contributed by atoms with Gasteiger partial charge < -0.3 is 0 Å². The Bertz CT molecular complexity index is 587. The second-order valence-electron chi connectivity index (χ2n) is 4.56. The summed E-state index contributed by atoms with van der Waals surface area (Å²) in [5.74, 6) is 4.65. The molecule has 0 spiro atoms. The highest BCUT2D eigenvalue weighted by Gasteiger charge is 2.17. The highest BCUT2D eigenvalue weighted by molar-refractivity contribution is 5.26. The zero-order valence-electron chi connectivity index (χ0n) is 11.2. The Kier molecular flexibility index (Phi) is 4.76. The van der Waals surface area contributed by atoms with Gasteiger partial charge in [-0.1, -0.05) is 13.0 Å². The Hall–Kier alpha value is -1.85. The van der Waals surface area contributed by atoms with E-state index in [0.717, 1.165) is 29.8 Å². The Balaban J connectivity index is 2.31. The predicted octanol–water partition coefficient (Wildman–Crippen LogP) is 2.67. The Morgan fingerprint density at radius 2 is 2.05 bits per heavy atom. The molecule has 3 nitrogen and oxygen atoms in total. The molecule has 1 atom stereocenters. The molecule has 1 heterocycles. The predicted molar refractivity (Wildman–Crippen MR) is 73.7 cm³/mol. The lowest BCUT2D eigenvalue weighted by atomic mass is 9.98. The fourth-order valence-corrected chi connectivity index (χ4v) is 2.22. The van der Waals surface area contributed by atoms with E-state index >= 15 is 0 Å². The van der Waals surface area contributed by atoms with Gasteiger partial charge in [0, 0.05) is 6.20 Å². The zero-order chi connectivity index (χ0) is 14.5. The molecule has 5 heteroatoms. The van der Waals surface area contributed by atoms with Crippen LogP contribution in [-0.2, 0) is 12.8 Å². The molecule has 0 amide bonds. The van der Waals surface area contributed by atoms with Gasteiger partial charge in [0.05, 0.1) is 11.7 Å². The third kappa shape index (κ3) is 3.18. The molecule has 20 heavy (non-hydrogen) atoms. The van der Waals surface area contributed by atoms with Gasteiger partial charge in [-0.05, 0) is 48.2 Å². The van der Waals surface area contributed by atoms with E-state index < -0.39 is 11.6 Å². The smallest absolute Gasteiger partial charge is 0.126 e. The first-order valence-electron chi connectivity index (χ1n) is 6.49. The summed E-state index contributed by atoms with van der Waals surface area (Å²) >= 11 is 0. The van der Waals surface area contributed by atoms with Gasteiger partial charge in [0.25, 0.3) is 0 Å². The molecule has 0 radical (unpaired) electrons. The highest BCUT2D eigenvalue weighted by Crippen LogP contribution is 2.22. The molecule has 106 valence electrons. The number of hydrogen-bond donors (Lipinski definition) is 2. The highest BCUT2D eigenvalue weighted by atomic mass is 19.1. The first-order valence-corrected chi connectivity index (χ1v) is 6.49. The molecule has 0 aliphatic heterocycles. The van der Waals surface area contributed by atoms with E-state index in [1.807, 2.05) is 19.1 Å². The molecule has 2 rings (SSSR count). The van der Waals surface area contributed by atoms with Gasteiger partial charge >= 0.3 is 0 Å². The second kappa shape index (κ2) is 6.54. The summed E-state index contributed by atoms with van der Waals surface area (Å²) in [5.41, 5.74) is 4.71. The number of nitrogens with two attached hydrogens (primary N) is 1. The lowest BCUT2D eigenvalue weighted by Crippen LogP contribution is -2.31. The SMILES string of the molecule is CCc1cccnc1C(Cc1cc(F)ccc1F)NN. The van der Waals surface area contributed by atoms with Crippen LogP contribution in [0.5, 0.6) is 0 Å². The maximum Gasteiger partial charge on any atom is 0.126 e. The average molecular weight is 277 g/mol. The summed E-state index contributed by atoms with van der Waals surface area (Å²) in [6, 6.07) is 6.85. The minimum Gasteiger partial charge on any atom is -0.271 e. The van der Waals surface area contributed by atoms with Crippen molar-refractivity contribution in [3.8, 4) is 0 Å². The Morgan fingerprint density at radius 1 is 1.25 bits per heavy atom. The van der Waals surface area contributed by atoms with Crippen molar-refractivity contribution in [1.82, 2.24) is 10.4 Å². The average Bonchev–Trinajstić information content (AvgIpc) is 2.48. The molecular weight excluding hydrogens is 260 g/mol. The van der Waals surface area contributed by atoms with Crippen LogP contribution in [0.3, 0.4) is 0 Å². The van der Waals surface area contributed by atoms with Gasteiger partial charge in [-0.15, -0.1) is 0 Å². The van der Waals surface area contributed by atoms with Gasteiger partial charge in [0.1, 0.15) is 11.6 Å². The van der Waals surface area contributed by atoms with E-state index in [1.54, 1.807) is 6.20 Å². The number of rotatable bonds is 5. The molecule has 0 bridgehead atoms. The number of pyridine rings is 1. The van der Waals surface area contributed by atoms with Crippen LogP contribution in [0.25, 0.3) is 0 Å². The third-order valence-electron chi connectivity index (χ3n) is 3.27. The number of aromatic nitrogens is 1. The summed E-state index contributed by atoms with van der Waals surface area (Å²) in [5, 5.41) is 0. The molecule has 2 aromatic rings. The summed E-state index contributed by atoms with van der Waals surface area (Å²) in [4.78, 5) is 4.31. The van der Waals surface area contributed by atoms with Crippen molar-refractivity contribution in [3.63, 3.8) is 0 Å². The Labute approximate surface area is 116 Å². The molecular formula is C15H17F2N3. The number of halogens is 2. The zero-order valence-corrected chi connectivity index (χ0v) is 11.2. The standard InChI is InChI=1S/C15H17F2N3/c1-2-10-4-3-7-19-15(10)14(20-18)9-11-8-12(16)5-6-13(11)17/h3-8,14,20H,2,9,18H2,1H3. The number of benzene rings is 1. The Morgan fingerprint density at radius 3 is 2.75 bits per heavy atom. The first kappa shape index (κ1) is 14.6. The molecule has 0 aliphatic carbocycles. The number of aryl methyl sites for hydroxylation is 1.